The number of hydrogen-bond donors (Lipinski definition) is 1. The van der Waals surface area contributed by atoms with E-state index in [1.54, 1.807) is 11.3 Å². The Morgan fingerprint density at radius 1 is 1.56 bits per heavy atom. The Morgan fingerprint density at radius 2 is 2.50 bits per heavy atom. The van der Waals surface area contributed by atoms with Gasteiger partial charge in [-0.1, -0.05) is 0 Å². The van der Waals surface area contributed by atoms with Gasteiger partial charge in [0.2, 0.25) is 0 Å². The maximum absolute atomic E-state index is 6.36. The van der Waals surface area contributed by atoms with Crippen LogP contribution in [0.25, 0.3) is 4.96 Å². The summed E-state index contributed by atoms with van der Waals surface area (Å²) in [5, 5.41) is 2.05. The van der Waals surface area contributed by atoms with Crippen molar-refractivity contribution in [2.75, 3.05) is 0 Å². The summed E-state index contributed by atoms with van der Waals surface area (Å²) in [7, 11) is 0. The molecule has 4 rings (SSSR count). The third kappa shape index (κ3) is 1.69. The van der Waals surface area contributed by atoms with Crippen molar-refractivity contribution in [3.63, 3.8) is 0 Å². The molecule has 0 aromatic carbocycles. The zero-order chi connectivity index (χ0) is 12.1. The van der Waals surface area contributed by atoms with Gasteiger partial charge >= 0.3 is 0 Å². The summed E-state index contributed by atoms with van der Waals surface area (Å²) in [4.78, 5) is 5.66. The SMILES string of the molecule is NC(Cc1cn2ccsc2n1)C1CC2CCC1O2. The summed E-state index contributed by atoms with van der Waals surface area (Å²) >= 11 is 1.67. The fraction of sp³-hybridized carbons (Fsp3) is 0.615. The predicted molar refractivity (Wildman–Crippen MR) is 70.8 cm³/mol. The number of fused-ring (bicyclic) bond motifs is 3. The number of thiazole rings is 1. The molecule has 2 fully saturated rings. The number of nitrogens with zero attached hydrogens (tertiary/aromatic N) is 2. The maximum atomic E-state index is 6.36. The van der Waals surface area contributed by atoms with Gasteiger partial charge in [0, 0.05) is 36.2 Å². The van der Waals surface area contributed by atoms with Gasteiger partial charge in [0.1, 0.15) is 0 Å². The van der Waals surface area contributed by atoms with Crippen molar-refractivity contribution in [2.24, 2.45) is 11.7 Å². The van der Waals surface area contributed by atoms with E-state index in [0.717, 1.165) is 23.5 Å². The van der Waals surface area contributed by atoms with Crippen LogP contribution in [0.2, 0.25) is 0 Å². The fourth-order valence-electron chi connectivity index (χ4n) is 3.39. The highest BCUT2D eigenvalue weighted by atomic mass is 32.1. The molecule has 2 aromatic rings. The molecule has 2 bridgehead atoms. The first-order chi connectivity index (χ1) is 8.79. The molecule has 4 unspecified atom stereocenters. The lowest BCUT2D eigenvalue weighted by Crippen LogP contribution is -2.38. The molecule has 4 atom stereocenters. The zero-order valence-electron chi connectivity index (χ0n) is 10.2. The van der Waals surface area contributed by atoms with Crippen LogP contribution in [-0.2, 0) is 11.2 Å². The van der Waals surface area contributed by atoms with Crippen molar-refractivity contribution < 1.29 is 4.74 Å². The Balaban J connectivity index is 1.49. The molecule has 0 amide bonds. The molecule has 96 valence electrons. The first-order valence-electron chi connectivity index (χ1n) is 6.62. The van der Waals surface area contributed by atoms with Crippen LogP contribution in [0.4, 0.5) is 0 Å². The standard InChI is InChI=1S/C13H17N3OS/c14-11(10-6-9-1-2-12(10)17-9)5-8-7-16-3-4-18-13(16)15-8/h3-4,7,9-12H,1-2,5-6,14H2. The second kappa shape index (κ2) is 4.05. The summed E-state index contributed by atoms with van der Waals surface area (Å²) in [6, 6.07) is 0.185. The predicted octanol–water partition coefficient (Wildman–Crippen LogP) is 1.83. The Kier molecular flexibility index (Phi) is 2.46. The quantitative estimate of drug-likeness (QED) is 0.919. The van der Waals surface area contributed by atoms with E-state index in [-0.39, 0.29) is 6.04 Å². The number of aromatic nitrogens is 2. The second-order valence-electron chi connectivity index (χ2n) is 5.47. The van der Waals surface area contributed by atoms with E-state index in [1.165, 1.54) is 12.8 Å². The lowest BCUT2D eigenvalue weighted by Gasteiger charge is -2.24. The molecule has 0 spiro atoms. The van der Waals surface area contributed by atoms with Gasteiger partial charge in [-0.15, -0.1) is 11.3 Å². The number of imidazole rings is 1. The van der Waals surface area contributed by atoms with Crippen LogP contribution in [0.5, 0.6) is 0 Å². The molecule has 2 saturated heterocycles. The van der Waals surface area contributed by atoms with Gasteiger partial charge in [-0.3, -0.25) is 4.40 Å². The highest BCUT2D eigenvalue weighted by Gasteiger charge is 2.43. The van der Waals surface area contributed by atoms with E-state index in [1.807, 2.05) is 6.20 Å². The van der Waals surface area contributed by atoms with E-state index in [4.69, 9.17) is 10.5 Å². The van der Waals surface area contributed by atoms with Crippen LogP contribution in [0.15, 0.2) is 17.8 Å². The third-order valence-corrected chi connectivity index (χ3v) is 5.06. The van der Waals surface area contributed by atoms with Crippen LogP contribution in [0.1, 0.15) is 25.0 Å². The Bertz CT molecular complexity index is 535. The zero-order valence-corrected chi connectivity index (χ0v) is 11.0. The highest BCUT2D eigenvalue weighted by molar-refractivity contribution is 7.15. The number of nitrogens with two attached hydrogens (primary N) is 1. The normalized spacial score (nSPS) is 32.4. The highest BCUT2D eigenvalue weighted by Crippen LogP contribution is 2.40. The van der Waals surface area contributed by atoms with Crippen molar-refractivity contribution in [2.45, 2.75) is 43.9 Å². The molecular formula is C13H17N3OS. The van der Waals surface area contributed by atoms with Crippen LogP contribution in [-0.4, -0.2) is 27.6 Å². The topological polar surface area (TPSA) is 52.5 Å². The number of rotatable bonds is 3. The summed E-state index contributed by atoms with van der Waals surface area (Å²) < 4.78 is 7.96. The van der Waals surface area contributed by atoms with Crippen molar-refractivity contribution in [1.29, 1.82) is 0 Å². The Labute approximate surface area is 110 Å². The van der Waals surface area contributed by atoms with Crippen molar-refractivity contribution >= 4 is 16.3 Å². The van der Waals surface area contributed by atoms with E-state index in [2.05, 4.69) is 21.0 Å². The van der Waals surface area contributed by atoms with Gasteiger partial charge in [0.25, 0.3) is 0 Å². The Morgan fingerprint density at radius 3 is 3.22 bits per heavy atom. The van der Waals surface area contributed by atoms with Crippen LogP contribution < -0.4 is 5.73 Å². The Hall–Kier alpha value is -0.910. The maximum Gasteiger partial charge on any atom is 0.193 e. The molecule has 0 aliphatic carbocycles. The van der Waals surface area contributed by atoms with Gasteiger partial charge in [-0.05, 0) is 19.3 Å². The van der Waals surface area contributed by atoms with Crippen molar-refractivity contribution in [3.8, 4) is 0 Å². The van der Waals surface area contributed by atoms with Crippen LogP contribution >= 0.6 is 11.3 Å². The molecule has 18 heavy (non-hydrogen) atoms. The summed E-state index contributed by atoms with van der Waals surface area (Å²) in [6.45, 7) is 0. The number of ether oxygens (including phenoxy) is 1. The second-order valence-corrected chi connectivity index (χ2v) is 6.34. The average Bonchev–Trinajstić information content (AvgIpc) is 3.07. The monoisotopic (exact) mass is 263 g/mol. The molecule has 0 radical (unpaired) electrons. The molecule has 4 heterocycles. The molecular weight excluding hydrogens is 246 g/mol. The molecule has 2 aliphatic rings. The van der Waals surface area contributed by atoms with Gasteiger partial charge in [-0.25, -0.2) is 4.98 Å². The van der Waals surface area contributed by atoms with Crippen molar-refractivity contribution in [3.05, 3.63) is 23.5 Å². The lowest BCUT2D eigenvalue weighted by atomic mass is 9.82. The van der Waals surface area contributed by atoms with Crippen LogP contribution in [0, 0.1) is 5.92 Å². The van der Waals surface area contributed by atoms with E-state index in [0.29, 0.717) is 18.1 Å². The summed E-state index contributed by atoms with van der Waals surface area (Å²) in [5.41, 5.74) is 7.47. The van der Waals surface area contributed by atoms with Crippen LogP contribution in [0.3, 0.4) is 0 Å². The molecule has 5 heteroatoms. The van der Waals surface area contributed by atoms with Gasteiger partial charge < -0.3 is 10.5 Å². The first kappa shape index (κ1) is 11.0. The van der Waals surface area contributed by atoms with Gasteiger partial charge in [-0.2, -0.15) is 0 Å². The van der Waals surface area contributed by atoms with E-state index < -0.39 is 0 Å². The summed E-state index contributed by atoms with van der Waals surface area (Å²) in [5.74, 6) is 0.531. The minimum Gasteiger partial charge on any atom is -0.375 e. The third-order valence-electron chi connectivity index (χ3n) is 4.29. The molecule has 0 saturated carbocycles. The molecule has 2 N–H and O–H groups in total. The smallest absolute Gasteiger partial charge is 0.193 e. The average molecular weight is 263 g/mol. The van der Waals surface area contributed by atoms with Gasteiger partial charge in [0.15, 0.2) is 4.96 Å². The minimum absolute atomic E-state index is 0.185. The molecule has 4 nitrogen and oxygen atoms in total. The number of hydrogen-bond acceptors (Lipinski definition) is 4. The lowest BCUT2D eigenvalue weighted by molar-refractivity contribution is 0.0884. The van der Waals surface area contributed by atoms with Gasteiger partial charge in [0.05, 0.1) is 17.9 Å². The van der Waals surface area contributed by atoms with E-state index in [9.17, 15) is 0 Å². The molecule has 2 aromatic heterocycles. The van der Waals surface area contributed by atoms with Crippen molar-refractivity contribution in [1.82, 2.24) is 9.38 Å². The molecule has 2 aliphatic heterocycles. The largest absolute Gasteiger partial charge is 0.375 e. The first-order valence-corrected chi connectivity index (χ1v) is 7.49. The summed E-state index contributed by atoms with van der Waals surface area (Å²) in [6.07, 6.45) is 9.47. The fourth-order valence-corrected chi connectivity index (χ4v) is 4.11. The van der Waals surface area contributed by atoms with E-state index >= 15 is 0 Å². The minimum atomic E-state index is 0.185.